The van der Waals surface area contributed by atoms with Crippen molar-refractivity contribution in [3.8, 4) is 0 Å². The summed E-state index contributed by atoms with van der Waals surface area (Å²) in [6.07, 6.45) is 77.2. The van der Waals surface area contributed by atoms with Gasteiger partial charge in [-0.15, -0.1) is 0 Å². The first-order chi connectivity index (χ1) is 35.0. The van der Waals surface area contributed by atoms with E-state index in [4.69, 9.17) is 14.2 Å². The van der Waals surface area contributed by atoms with Crippen LogP contribution in [0.1, 0.15) is 290 Å². The number of carbonyl (C=O) groups excluding carboxylic acids is 3. The third-order valence-electron chi connectivity index (χ3n) is 12.9. The van der Waals surface area contributed by atoms with Gasteiger partial charge in [0.2, 0.25) is 0 Å². The Labute approximate surface area is 439 Å². The minimum Gasteiger partial charge on any atom is -0.462 e. The van der Waals surface area contributed by atoms with E-state index in [2.05, 4.69) is 106 Å². The predicted molar refractivity (Wildman–Crippen MR) is 307 cm³/mol. The van der Waals surface area contributed by atoms with E-state index in [-0.39, 0.29) is 37.5 Å². The van der Waals surface area contributed by atoms with E-state index >= 15 is 0 Å². The zero-order valence-corrected chi connectivity index (χ0v) is 46.7. The highest BCUT2D eigenvalue weighted by atomic mass is 16.6. The number of hydrogen-bond acceptors (Lipinski definition) is 6. The first-order valence-corrected chi connectivity index (χ1v) is 30.1. The molecule has 1 unspecified atom stereocenters. The third kappa shape index (κ3) is 57.4. The molecule has 0 aromatic heterocycles. The Hall–Kier alpha value is -3.41. The molecule has 0 bridgehead atoms. The lowest BCUT2D eigenvalue weighted by Gasteiger charge is -2.18. The number of rotatable bonds is 54. The Morgan fingerprint density at radius 1 is 0.296 bits per heavy atom. The number of allylic oxidation sites excluding steroid dienone is 14. The van der Waals surface area contributed by atoms with Crippen molar-refractivity contribution in [1.29, 1.82) is 0 Å². The van der Waals surface area contributed by atoms with Crippen LogP contribution in [0.15, 0.2) is 85.1 Å². The molecule has 0 saturated heterocycles. The molecule has 0 aliphatic rings. The highest BCUT2D eigenvalue weighted by Gasteiger charge is 2.19. The lowest BCUT2D eigenvalue weighted by molar-refractivity contribution is -0.167. The molecule has 0 amide bonds. The number of unbranched alkanes of at least 4 members (excludes halogenated alkanes) is 30. The second kappa shape index (κ2) is 59.2. The average molecular weight is 990 g/mol. The van der Waals surface area contributed by atoms with Crippen molar-refractivity contribution in [2.75, 3.05) is 13.2 Å². The summed E-state index contributed by atoms with van der Waals surface area (Å²) in [4.78, 5) is 38.2. The second-order valence-corrected chi connectivity index (χ2v) is 19.9. The largest absolute Gasteiger partial charge is 0.462 e. The van der Waals surface area contributed by atoms with Crippen LogP contribution in [-0.4, -0.2) is 37.2 Å². The molecule has 6 nitrogen and oxygen atoms in total. The van der Waals surface area contributed by atoms with E-state index in [0.717, 1.165) is 64.2 Å². The van der Waals surface area contributed by atoms with Gasteiger partial charge in [-0.1, -0.05) is 247 Å². The van der Waals surface area contributed by atoms with Crippen LogP contribution in [0.5, 0.6) is 0 Å². The topological polar surface area (TPSA) is 78.9 Å². The Morgan fingerprint density at radius 3 is 0.958 bits per heavy atom. The molecule has 0 aromatic rings. The minimum absolute atomic E-state index is 0.101. The zero-order chi connectivity index (χ0) is 51.4. The monoisotopic (exact) mass is 989 g/mol. The number of ether oxygens (including phenoxy) is 3. The van der Waals surface area contributed by atoms with Gasteiger partial charge < -0.3 is 14.2 Å². The van der Waals surface area contributed by atoms with E-state index in [0.29, 0.717) is 19.3 Å². The summed E-state index contributed by atoms with van der Waals surface area (Å²) in [5.41, 5.74) is 0. The Balaban J connectivity index is 4.46. The summed E-state index contributed by atoms with van der Waals surface area (Å²) in [5, 5.41) is 0. The summed E-state index contributed by atoms with van der Waals surface area (Å²) in [7, 11) is 0. The molecule has 0 rings (SSSR count). The molecule has 0 saturated carbocycles. The fourth-order valence-corrected chi connectivity index (χ4v) is 8.30. The van der Waals surface area contributed by atoms with Gasteiger partial charge in [-0.05, 0) is 109 Å². The van der Waals surface area contributed by atoms with Crippen LogP contribution in [-0.2, 0) is 28.6 Å². The van der Waals surface area contributed by atoms with Crippen molar-refractivity contribution >= 4 is 17.9 Å². The summed E-state index contributed by atoms with van der Waals surface area (Å²) < 4.78 is 16.8. The van der Waals surface area contributed by atoms with E-state index in [1.165, 1.54) is 180 Å². The standard InChI is InChI=1S/C65H112O6/c1-4-7-10-13-16-19-22-25-28-31-32-35-37-40-43-46-49-52-55-58-64(67)70-61-62(71-65(68)59-56-53-50-47-44-41-38-34-30-27-24-21-18-15-12-9-6-3)60-69-63(66)57-54-51-48-45-42-39-36-33-29-26-23-20-17-14-11-8-5-2/h16,18-19,21-22,25-27,29-30,38,41,47,50,62H,4-15,17,20,23-24,28,31-37,39-40,42-46,48-49,51-61H2,1-3H3/b19-16-,21-18-,25-22-,29-26-,30-27-,41-38-,50-47-. The molecule has 0 radical (unpaired) electrons. The molecular weight excluding hydrogens is 877 g/mol. The van der Waals surface area contributed by atoms with Gasteiger partial charge in [0.25, 0.3) is 0 Å². The van der Waals surface area contributed by atoms with Crippen molar-refractivity contribution in [3.63, 3.8) is 0 Å². The second-order valence-electron chi connectivity index (χ2n) is 19.9. The lowest BCUT2D eigenvalue weighted by atomic mass is 10.1. The van der Waals surface area contributed by atoms with Crippen LogP contribution < -0.4 is 0 Å². The van der Waals surface area contributed by atoms with Gasteiger partial charge in [-0.2, -0.15) is 0 Å². The minimum atomic E-state index is -0.809. The van der Waals surface area contributed by atoms with Crippen LogP contribution in [0.2, 0.25) is 0 Å². The average Bonchev–Trinajstić information content (AvgIpc) is 3.37. The van der Waals surface area contributed by atoms with E-state index in [1.807, 2.05) is 0 Å². The number of carbonyl (C=O) groups is 3. The van der Waals surface area contributed by atoms with Crippen LogP contribution in [0.4, 0.5) is 0 Å². The summed E-state index contributed by atoms with van der Waals surface area (Å²) in [6, 6.07) is 0. The third-order valence-corrected chi connectivity index (χ3v) is 12.9. The summed E-state index contributed by atoms with van der Waals surface area (Å²) in [6.45, 7) is 6.55. The van der Waals surface area contributed by atoms with Gasteiger partial charge in [0.1, 0.15) is 13.2 Å². The molecule has 0 spiro atoms. The maximum atomic E-state index is 12.9. The highest BCUT2D eigenvalue weighted by Crippen LogP contribution is 2.15. The zero-order valence-electron chi connectivity index (χ0n) is 46.7. The lowest BCUT2D eigenvalue weighted by Crippen LogP contribution is -2.30. The maximum Gasteiger partial charge on any atom is 0.306 e. The van der Waals surface area contributed by atoms with Crippen molar-refractivity contribution < 1.29 is 28.6 Å². The van der Waals surface area contributed by atoms with Gasteiger partial charge >= 0.3 is 17.9 Å². The quantitative estimate of drug-likeness (QED) is 0.0199. The van der Waals surface area contributed by atoms with E-state index in [9.17, 15) is 14.4 Å². The van der Waals surface area contributed by atoms with Crippen molar-refractivity contribution in [2.24, 2.45) is 0 Å². The van der Waals surface area contributed by atoms with Gasteiger partial charge in [0.15, 0.2) is 6.10 Å². The Bertz CT molecular complexity index is 1370. The Morgan fingerprint density at radius 2 is 0.563 bits per heavy atom. The van der Waals surface area contributed by atoms with Crippen molar-refractivity contribution in [3.05, 3.63) is 85.1 Å². The molecule has 1 atom stereocenters. The van der Waals surface area contributed by atoms with Gasteiger partial charge in [-0.25, -0.2) is 0 Å². The normalized spacial score (nSPS) is 12.7. The SMILES string of the molecule is CCCCC/C=C\C=C/CCCCCCCCCCCCC(=O)OCC(COC(=O)CCCCCCCCC/C=C\CCCCCCCC)OC(=O)CCC/C=C\C/C=C\C/C=C\C/C=C\CCCCC. The number of esters is 3. The first kappa shape index (κ1) is 67.6. The summed E-state index contributed by atoms with van der Waals surface area (Å²) >= 11 is 0. The molecule has 0 aromatic carbocycles. The smallest absolute Gasteiger partial charge is 0.306 e. The van der Waals surface area contributed by atoms with Crippen LogP contribution in [0, 0.1) is 0 Å². The van der Waals surface area contributed by atoms with Crippen LogP contribution in [0.3, 0.4) is 0 Å². The Kier molecular flexibility index (Phi) is 56.3. The molecule has 0 heterocycles. The molecule has 0 aliphatic heterocycles. The molecule has 71 heavy (non-hydrogen) atoms. The molecule has 0 N–H and O–H groups in total. The number of hydrogen-bond donors (Lipinski definition) is 0. The molecular formula is C65H112O6. The highest BCUT2D eigenvalue weighted by molar-refractivity contribution is 5.71. The van der Waals surface area contributed by atoms with Crippen molar-refractivity contribution in [1.82, 2.24) is 0 Å². The molecule has 6 heteroatoms. The molecule has 0 fully saturated rings. The van der Waals surface area contributed by atoms with E-state index in [1.54, 1.807) is 0 Å². The fourth-order valence-electron chi connectivity index (χ4n) is 8.30. The van der Waals surface area contributed by atoms with Gasteiger partial charge in [-0.3, -0.25) is 14.4 Å². The van der Waals surface area contributed by atoms with E-state index < -0.39 is 6.10 Å². The molecule has 0 aliphatic carbocycles. The van der Waals surface area contributed by atoms with Crippen LogP contribution in [0.25, 0.3) is 0 Å². The fraction of sp³-hybridized carbons (Fsp3) is 0.738. The van der Waals surface area contributed by atoms with Crippen LogP contribution >= 0.6 is 0 Å². The maximum absolute atomic E-state index is 12.9. The molecule has 408 valence electrons. The van der Waals surface area contributed by atoms with Gasteiger partial charge in [0.05, 0.1) is 0 Å². The summed E-state index contributed by atoms with van der Waals surface area (Å²) in [5.74, 6) is -0.957. The van der Waals surface area contributed by atoms with Gasteiger partial charge in [0, 0.05) is 19.3 Å². The van der Waals surface area contributed by atoms with Crippen molar-refractivity contribution in [2.45, 2.75) is 297 Å². The first-order valence-electron chi connectivity index (χ1n) is 30.1. The predicted octanol–water partition coefficient (Wildman–Crippen LogP) is 20.3.